The summed E-state index contributed by atoms with van der Waals surface area (Å²) in [6, 6.07) is 16.9. The van der Waals surface area contributed by atoms with Crippen LogP contribution in [0.1, 0.15) is 16.4 Å². The molecule has 0 fully saturated rings. The first-order valence-corrected chi connectivity index (χ1v) is 9.58. The van der Waals surface area contributed by atoms with Gasteiger partial charge >= 0.3 is 7.12 Å². The number of furan rings is 1. The van der Waals surface area contributed by atoms with Gasteiger partial charge in [0.15, 0.2) is 0 Å². The Kier molecular flexibility index (Phi) is 6.03. The van der Waals surface area contributed by atoms with E-state index in [0.29, 0.717) is 0 Å². The minimum Gasteiger partial charge on any atom is -0.464 e. The fourth-order valence-electron chi connectivity index (χ4n) is 2.94. The highest BCUT2D eigenvalue weighted by Gasteiger charge is 2.30. The molecule has 1 aromatic heterocycles. The van der Waals surface area contributed by atoms with Crippen molar-refractivity contribution in [2.24, 2.45) is 0 Å². The summed E-state index contributed by atoms with van der Waals surface area (Å²) in [5, 5.41) is 22.8. The van der Waals surface area contributed by atoms with Crippen LogP contribution in [0.25, 0.3) is 11.0 Å². The Hall–Kier alpha value is -2.22. The van der Waals surface area contributed by atoms with Crippen molar-refractivity contribution in [2.45, 2.75) is 17.6 Å². The summed E-state index contributed by atoms with van der Waals surface area (Å²) in [6.07, 6.45) is 3.71. The molecule has 0 spiro atoms. The van der Waals surface area contributed by atoms with Gasteiger partial charge in [0.1, 0.15) is 10.8 Å². The maximum atomic E-state index is 12.7. The average molecular weight is 369 g/mol. The van der Waals surface area contributed by atoms with Gasteiger partial charge in [-0.2, -0.15) is 0 Å². The zero-order valence-corrected chi connectivity index (χ0v) is 15.1. The topological polar surface area (TPSA) is 82.7 Å². The van der Waals surface area contributed by atoms with Gasteiger partial charge in [0.2, 0.25) is 5.91 Å². The van der Waals surface area contributed by atoms with Gasteiger partial charge in [-0.1, -0.05) is 48.5 Å². The number of carbonyl (C=O) groups is 1. The third-order valence-electron chi connectivity index (χ3n) is 4.26. The normalized spacial score (nSPS) is 13.3. The van der Waals surface area contributed by atoms with Crippen LogP contribution < -0.4 is 5.32 Å². The molecule has 2 aromatic carbocycles. The van der Waals surface area contributed by atoms with Crippen molar-refractivity contribution >= 4 is 35.8 Å². The molecule has 3 rings (SSSR count). The molecule has 26 heavy (non-hydrogen) atoms. The van der Waals surface area contributed by atoms with Crippen LogP contribution in [0.4, 0.5) is 0 Å². The minimum atomic E-state index is -1.68. The molecule has 0 saturated heterocycles. The van der Waals surface area contributed by atoms with Crippen LogP contribution >= 0.6 is 11.8 Å². The second kappa shape index (κ2) is 8.44. The van der Waals surface area contributed by atoms with E-state index in [-0.39, 0.29) is 12.3 Å². The second-order valence-electron chi connectivity index (χ2n) is 6.02. The molecule has 3 N–H and O–H groups in total. The third-order valence-corrected chi connectivity index (χ3v) is 5.22. The van der Waals surface area contributed by atoms with Crippen LogP contribution in [0, 0.1) is 0 Å². The van der Waals surface area contributed by atoms with Crippen molar-refractivity contribution < 1.29 is 19.3 Å². The first kappa shape index (κ1) is 18.6. The molecular weight excluding hydrogens is 349 g/mol. The van der Waals surface area contributed by atoms with Crippen molar-refractivity contribution in [3.63, 3.8) is 0 Å². The summed E-state index contributed by atoms with van der Waals surface area (Å²) in [5.41, 5.74) is 2.42. The fraction of sp³-hybridized carbons (Fsp3) is 0.211. The third kappa shape index (κ3) is 4.12. The van der Waals surface area contributed by atoms with E-state index in [9.17, 15) is 14.8 Å². The number of hydrogen-bond acceptors (Lipinski definition) is 5. The van der Waals surface area contributed by atoms with Crippen molar-refractivity contribution in [2.75, 3.05) is 6.26 Å². The lowest BCUT2D eigenvalue weighted by Gasteiger charge is -2.21. The molecule has 0 radical (unpaired) electrons. The lowest BCUT2D eigenvalue weighted by molar-refractivity contribution is -0.121. The van der Waals surface area contributed by atoms with Gasteiger partial charge in [-0.25, -0.2) is 0 Å². The van der Waals surface area contributed by atoms with Crippen LogP contribution in [-0.2, 0) is 11.2 Å². The van der Waals surface area contributed by atoms with E-state index in [1.54, 1.807) is 6.26 Å². The minimum absolute atomic E-state index is 0.255. The molecule has 0 aliphatic rings. The van der Waals surface area contributed by atoms with E-state index in [2.05, 4.69) is 5.32 Å². The van der Waals surface area contributed by atoms with Crippen molar-refractivity contribution in [3.8, 4) is 0 Å². The number of thioether (sulfide) groups is 1. The second-order valence-corrected chi connectivity index (χ2v) is 6.96. The molecule has 1 amide bonds. The first-order chi connectivity index (χ1) is 12.6. The molecule has 0 saturated carbocycles. The van der Waals surface area contributed by atoms with Gasteiger partial charge in [-0.15, -0.1) is 11.8 Å². The van der Waals surface area contributed by atoms with E-state index in [1.807, 2.05) is 60.9 Å². The van der Waals surface area contributed by atoms with Crippen LogP contribution in [0.15, 0.2) is 65.3 Å². The highest BCUT2D eigenvalue weighted by atomic mass is 32.2. The fourth-order valence-corrected chi connectivity index (χ4v) is 3.65. The maximum absolute atomic E-state index is 12.7. The van der Waals surface area contributed by atoms with Gasteiger partial charge in [0.25, 0.3) is 0 Å². The number of nitrogens with one attached hydrogen (secondary N) is 1. The lowest BCUT2D eigenvalue weighted by atomic mass is 9.75. The predicted octanol–water partition coefficient (Wildman–Crippen LogP) is 2.58. The quantitative estimate of drug-likeness (QED) is 0.558. The molecule has 0 aliphatic heterocycles. The van der Waals surface area contributed by atoms with Gasteiger partial charge in [0, 0.05) is 5.39 Å². The van der Waals surface area contributed by atoms with Crippen molar-refractivity contribution in [1.82, 2.24) is 5.32 Å². The Balaban J connectivity index is 1.77. The highest BCUT2D eigenvalue weighted by Crippen LogP contribution is 2.27. The molecule has 0 bridgehead atoms. The van der Waals surface area contributed by atoms with E-state index >= 15 is 0 Å². The molecule has 2 atom stereocenters. The van der Waals surface area contributed by atoms with E-state index < -0.39 is 18.3 Å². The number of rotatable bonds is 7. The van der Waals surface area contributed by atoms with Gasteiger partial charge in [-0.3, -0.25) is 4.79 Å². The van der Waals surface area contributed by atoms with Crippen LogP contribution in [0.2, 0.25) is 0 Å². The number of hydrogen-bond donors (Lipinski definition) is 3. The molecule has 0 aliphatic carbocycles. The van der Waals surface area contributed by atoms with Gasteiger partial charge < -0.3 is 19.8 Å². The van der Waals surface area contributed by atoms with Crippen LogP contribution in [-0.4, -0.2) is 35.3 Å². The van der Waals surface area contributed by atoms with E-state index in [0.717, 1.165) is 22.1 Å². The monoisotopic (exact) mass is 369 g/mol. The Bertz CT molecular complexity index is 868. The lowest BCUT2D eigenvalue weighted by Crippen LogP contribution is -2.49. The van der Waals surface area contributed by atoms with Gasteiger partial charge in [-0.05, 0) is 29.9 Å². The summed E-state index contributed by atoms with van der Waals surface area (Å²) in [4.78, 5) is 12.7. The summed E-state index contributed by atoms with van der Waals surface area (Å²) < 4.78 is 5.49. The Morgan fingerprint density at radius 3 is 2.54 bits per heavy atom. The number of carbonyl (C=O) groups excluding carboxylic acids is 1. The molecule has 134 valence electrons. The molecule has 1 unspecified atom stereocenters. The summed E-state index contributed by atoms with van der Waals surface area (Å²) in [5.74, 6) is -1.09. The van der Waals surface area contributed by atoms with Gasteiger partial charge in [0.05, 0.1) is 12.2 Å². The molecule has 7 heteroatoms. The Labute approximate surface area is 156 Å². The zero-order valence-electron chi connectivity index (χ0n) is 14.3. The van der Waals surface area contributed by atoms with Crippen LogP contribution in [0.5, 0.6) is 0 Å². The number of benzene rings is 2. The summed E-state index contributed by atoms with van der Waals surface area (Å²) in [6.45, 7) is 0. The van der Waals surface area contributed by atoms with E-state index in [1.165, 1.54) is 11.8 Å². The number of amides is 1. The number of para-hydroxylation sites is 1. The SMILES string of the molecule is CSC(C(=O)N[C@H](Cc1coc2ccccc12)B(O)O)c1ccccc1. The molecular formula is C19H20BNO4S. The maximum Gasteiger partial charge on any atom is 0.475 e. The zero-order chi connectivity index (χ0) is 18.5. The molecule has 1 heterocycles. The van der Waals surface area contributed by atoms with E-state index in [4.69, 9.17) is 4.42 Å². The summed E-state index contributed by atoms with van der Waals surface area (Å²) in [7, 11) is -1.68. The van der Waals surface area contributed by atoms with Crippen LogP contribution in [0.3, 0.4) is 0 Å². The molecule has 3 aromatic rings. The van der Waals surface area contributed by atoms with Crippen molar-refractivity contribution in [3.05, 3.63) is 72.0 Å². The van der Waals surface area contributed by atoms with Crippen molar-refractivity contribution in [1.29, 1.82) is 0 Å². The highest BCUT2D eigenvalue weighted by molar-refractivity contribution is 7.99. The Morgan fingerprint density at radius 1 is 1.15 bits per heavy atom. The smallest absolute Gasteiger partial charge is 0.464 e. The summed E-state index contributed by atoms with van der Waals surface area (Å²) >= 11 is 1.40. The number of fused-ring (bicyclic) bond motifs is 1. The Morgan fingerprint density at radius 2 is 1.85 bits per heavy atom. The predicted molar refractivity (Wildman–Crippen MR) is 105 cm³/mol. The average Bonchev–Trinajstić information content (AvgIpc) is 3.06. The largest absolute Gasteiger partial charge is 0.475 e. The standard InChI is InChI=1S/C19H20BNO4S/c1-26-18(13-7-3-2-4-8-13)19(22)21-17(20(23)24)11-14-12-25-16-10-6-5-9-15(14)16/h2-10,12,17-18,23-24H,11H2,1H3,(H,21,22)/t17-,18?/m1/s1. The first-order valence-electron chi connectivity index (χ1n) is 8.29. The molecule has 5 nitrogen and oxygen atoms in total.